The van der Waals surface area contributed by atoms with E-state index in [9.17, 15) is 0 Å². The summed E-state index contributed by atoms with van der Waals surface area (Å²) in [5, 5.41) is 0. The highest BCUT2D eigenvalue weighted by molar-refractivity contribution is 7.99. The van der Waals surface area contributed by atoms with E-state index in [4.69, 9.17) is 0 Å². The van der Waals surface area contributed by atoms with E-state index in [0.29, 0.717) is 0 Å². The Morgan fingerprint density at radius 3 is 1.22 bits per heavy atom. The van der Waals surface area contributed by atoms with E-state index < -0.39 is 0 Å². The average Bonchev–Trinajstić information content (AvgIpc) is 3.30. The van der Waals surface area contributed by atoms with E-state index in [2.05, 4.69) is 58.3 Å². The molecule has 2 fully saturated rings. The molecule has 2 aromatic rings. The summed E-state index contributed by atoms with van der Waals surface area (Å²) in [4.78, 5) is 7.61. The summed E-state index contributed by atoms with van der Waals surface area (Å²) in [5.41, 5.74) is 2.74. The molecule has 3 heteroatoms. The van der Waals surface area contributed by atoms with Gasteiger partial charge in [-0.1, -0.05) is 11.8 Å². The quantitative estimate of drug-likeness (QED) is 0.778. The minimum Gasteiger partial charge on any atom is -0.372 e. The zero-order chi connectivity index (χ0) is 15.5. The molecule has 0 unspecified atom stereocenters. The van der Waals surface area contributed by atoms with Crippen molar-refractivity contribution in [3.8, 4) is 0 Å². The van der Waals surface area contributed by atoms with E-state index >= 15 is 0 Å². The van der Waals surface area contributed by atoms with Gasteiger partial charge in [0.2, 0.25) is 0 Å². The van der Waals surface area contributed by atoms with Crippen molar-refractivity contribution in [1.29, 1.82) is 0 Å². The lowest BCUT2D eigenvalue weighted by Crippen LogP contribution is -2.17. The van der Waals surface area contributed by atoms with Crippen LogP contribution in [0.25, 0.3) is 0 Å². The van der Waals surface area contributed by atoms with E-state index in [1.165, 1.54) is 73.0 Å². The third-order valence-electron chi connectivity index (χ3n) is 4.85. The largest absolute Gasteiger partial charge is 0.372 e. The first-order valence-electron chi connectivity index (χ1n) is 8.76. The van der Waals surface area contributed by atoms with Crippen molar-refractivity contribution in [2.24, 2.45) is 0 Å². The summed E-state index contributed by atoms with van der Waals surface area (Å²) < 4.78 is 0. The Hall–Kier alpha value is -1.61. The number of hydrogen-bond donors (Lipinski definition) is 0. The number of anilines is 2. The van der Waals surface area contributed by atoms with Crippen LogP contribution in [-0.4, -0.2) is 26.2 Å². The van der Waals surface area contributed by atoms with Crippen LogP contribution < -0.4 is 9.80 Å². The lowest BCUT2D eigenvalue weighted by Gasteiger charge is -2.18. The molecule has 0 radical (unpaired) electrons. The van der Waals surface area contributed by atoms with Crippen molar-refractivity contribution in [1.82, 2.24) is 0 Å². The van der Waals surface area contributed by atoms with E-state index in [-0.39, 0.29) is 0 Å². The fourth-order valence-electron chi connectivity index (χ4n) is 3.54. The molecule has 0 N–H and O–H groups in total. The number of nitrogens with zero attached hydrogens (tertiary/aromatic N) is 2. The standard InChI is InChI=1S/C20H24N2S/c1-2-14-21(13-1)17-5-9-19(10-6-17)23-20-11-7-18(8-12-20)22-15-3-4-16-22/h5-12H,1-4,13-16H2. The van der Waals surface area contributed by atoms with Crippen LogP contribution >= 0.6 is 11.8 Å². The van der Waals surface area contributed by atoms with Gasteiger partial charge in [0, 0.05) is 47.3 Å². The molecule has 2 aliphatic heterocycles. The summed E-state index contributed by atoms with van der Waals surface area (Å²) in [7, 11) is 0. The van der Waals surface area contributed by atoms with E-state index in [1.54, 1.807) is 0 Å². The third-order valence-corrected chi connectivity index (χ3v) is 5.87. The normalized spacial score (nSPS) is 17.9. The van der Waals surface area contributed by atoms with Gasteiger partial charge in [0.05, 0.1) is 0 Å². The van der Waals surface area contributed by atoms with Crippen molar-refractivity contribution < 1.29 is 0 Å². The minimum absolute atomic E-state index is 1.21. The Labute approximate surface area is 143 Å². The smallest absolute Gasteiger partial charge is 0.0366 e. The first-order valence-corrected chi connectivity index (χ1v) is 9.58. The molecule has 2 heterocycles. The lowest BCUT2D eigenvalue weighted by molar-refractivity contribution is 0.949. The molecule has 2 aromatic carbocycles. The predicted octanol–water partition coefficient (Wildman–Crippen LogP) is 5.04. The number of hydrogen-bond acceptors (Lipinski definition) is 3. The van der Waals surface area contributed by atoms with E-state index in [1.807, 2.05) is 11.8 Å². The molecule has 120 valence electrons. The summed E-state index contributed by atoms with van der Waals surface area (Å²) in [6, 6.07) is 18.1. The van der Waals surface area contributed by atoms with Crippen molar-refractivity contribution >= 4 is 23.1 Å². The van der Waals surface area contributed by atoms with Crippen molar-refractivity contribution in [3.63, 3.8) is 0 Å². The van der Waals surface area contributed by atoms with Crippen LogP contribution in [0, 0.1) is 0 Å². The highest BCUT2D eigenvalue weighted by Gasteiger charge is 2.13. The summed E-state index contributed by atoms with van der Waals surface area (Å²) in [5.74, 6) is 0. The molecule has 2 nitrogen and oxygen atoms in total. The summed E-state index contributed by atoms with van der Waals surface area (Å²) in [6.07, 6.45) is 5.33. The number of benzene rings is 2. The highest BCUT2D eigenvalue weighted by Crippen LogP contribution is 2.31. The molecule has 0 bridgehead atoms. The van der Waals surface area contributed by atoms with Gasteiger partial charge in [-0.25, -0.2) is 0 Å². The second kappa shape index (κ2) is 6.88. The van der Waals surface area contributed by atoms with Gasteiger partial charge >= 0.3 is 0 Å². The van der Waals surface area contributed by atoms with Crippen molar-refractivity contribution in [2.45, 2.75) is 35.5 Å². The van der Waals surface area contributed by atoms with Gasteiger partial charge in [0.15, 0.2) is 0 Å². The van der Waals surface area contributed by atoms with Gasteiger partial charge in [-0.05, 0) is 74.2 Å². The molecule has 4 rings (SSSR count). The molecule has 0 amide bonds. The average molecular weight is 324 g/mol. The number of rotatable bonds is 4. The van der Waals surface area contributed by atoms with Gasteiger partial charge < -0.3 is 9.80 Å². The molecule has 2 saturated heterocycles. The highest BCUT2D eigenvalue weighted by atomic mass is 32.2. The molecule has 23 heavy (non-hydrogen) atoms. The zero-order valence-electron chi connectivity index (χ0n) is 13.6. The predicted molar refractivity (Wildman–Crippen MR) is 99.9 cm³/mol. The maximum Gasteiger partial charge on any atom is 0.0366 e. The van der Waals surface area contributed by atoms with Gasteiger partial charge in [0.1, 0.15) is 0 Å². The Balaban J connectivity index is 1.41. The zero-order valence-corrected chi connectivity index (χ0v) is 14.4. The Kier molecular flexibility index (Phi) is 4.47. The van der Waals surface area contributed by atoms with Gasteiger partial charge in [-0.2, -0.15) is 0 Å². The molecule has 0 spiro atoms. The third kappa shape index (κ3) is 3.50. The summed E-state index contributed by atoms with van der Waals surface area (Å²) >= 11 is 1.85. The van der Waals surface area contributed by atoms with Crippen LogP contribution in [-0.2, 0) is 0 Å². The fourth-order valence-corrected chi connectivity index (χ4v) is 4.35. The van der Waals surface area contributed by atoms with Gasteiger partial charge in [-0.15, -0.1) is 0 Å². The summed E-state index contributed by atoms with van der Waals surface area (Å²) in [6.45, 7) is 4.85. The van der Waals surface area contributed by atoms with Crippen LogP contribution in [0.5, 0.6) is 0 Å². The fraction of sp³-hybridized carbons (Fsp3) is 0.400. The topological polar surface area (TPSA) is 6.48 Å². The first kappa shape index (κ1) is 14.9. The Morgan fingerprint density at radius 1 is 0.522 bits per heavy atom. The first-order chi connectivity index (χ1) is 11.4. The Morgan fingerprint density at radius 2 is 0.870 bits per heavy atom. The molecule has 0 aliphatic carbocycles. The van der Waals surface area contributed by atoms with Crippen LogP contribution in [0.2, 0.25) is 0 Å². The second-order valence-corrected chi connectivity index (χ2v) is 7.63. The SMILES string of the molecule is c1cc(N2CCCC2)ccc1Sc1ccc(N2CCCC2)cc1. The van der Waals surface area contributed by atoms with Crippen LogP contribution in [0.4, 0.5) is 11.4 Å². The van der Waals surface area contributed by atoms with Crippen LogP contribution in [0.1, 0.15) is 25.7 Å². The van der Waals surface area contributed by atoms with Crippen molar-refractivity contribution in [3.05, 3.63) is 48.5 Å². The lowest BCUT2D eigenvalue weighted by atomic mass is 10.3. The van der Waals surface area contributed by atoms with Gasteiger partial charge in [-0.3, -0.25) is 0 Å². The van der Waals surface area contributed by atoms with Gasteiger partial charge in [0.25, 0.3) is 0 Å². The minimum atomic E-state index is 1.21. The maximum absolute atomic E-state index is 2.49. The van der Waals surface area contributed by atoms with Crippen LogP contribution in [0.15, 0.2) is 58.3 Å². The second-order valence-electron chi connectivity index (χ2n) is 6.48. The maximum atomic E-state index is 2.49. The molecule has 0 atom stereocenters. The molecule has 2 aliphatic rings. The van der Waals surface area contributed by atoms with Crippen LogP contribution in [0.3, 0.4) is 0 Å². The Bertz CT molecular complexity index is 566. The molecule has 0 aromatic heterocycles. The van der Waals surface area contributed by atoms with E-state index in [0.717, 1.165) is 0 Å². The molecular weight excluding hydrogens is 300 g/mol. The molecule has 0 saturated carbocycles. The van der Waals surface area contributed by atoms with Crippen molar-refractivity contribution in [2.75, 3.05) is 36.0 Å². The molecular formula is C20H24N2S. The monoisotopic (exact) mass is 324 g/mol.